The van der Waals surface area contributed by atoms with Gasteiger partial charge in [0.1, 0.15) is 0 Å². The summed E-state index contributed by atoms with van der Waals surface area (Å²) in [6.45, 7) is 5.34. The van der Waals surface area contributed by atoms with Crippen molar-refractivity contribution >= 4 is 23.5 Å². The molecule has 0 aromatic heterocycles. The summed E-state index contributed by atoms with van der Waals surface area (Å²) in [5.74, 6) is -0.960. The van der Waals surface area contributed by atoms with E-state index in [0.29, 0.717) is 29.9 Å². The summed E-state index contributed by atoms with van der Waals surface area (Å²) in [6.07, 6.45) is 1.38. The largest absolute Gasteiger partial charge is 0.465 e. The average Bonchev–Trinajstić information content (AvgIpc) is 2.80. The highest BCUT2D eigenvalue weighted by Crippen LogP contribution is 2.13. The van der Waals surface area contributed by atoms with Crippen LogP contribution in [0.1, 0.15) is 22.8 Å². The number of carbonyl (C=O) groups excluding carboxylic acids is 3. The topological polar surface area (TPSA) is 78.9 Å². The predicted octanol–water partition coefficient (Wildman–Crippen LogP) is 2.70. The number of piperazine rings is 1. The fourth-order valence-corrected chi connectivity index (χ4v) is 3.35. The van der Waals surface area contributed by atoms with E-state index in [0.717, 1.165) is 19.6 Å². The first-order chi connectivity index (χ1) is 15.0. The Kier molecular flexibility index (Phi) is 7.56. The number of amides is 2. The van der Waals surface area contributed by atoms with Gasteiger partial charge in [-0.3, -0.25) is 14.5 Å². The van der Waals surface area contributed by atoms with Crippen LogP contribution in [0.15, 0.2) is 66.2 Å². The number of benzene rings is 2. The van der Waals surface area contributed by atoms with Gasteiger partial charge in [-0.15, -0.1) is 0 Å². The van der Waals surface area contributed by atoms with Gasteiger partial charge in [-0.2, -0.15) is 0 Å². The Balaban J connectivity index is 1.50. The third kappa shape index (κ3) is 6.26. The molecular weight excluding hydrogens is 394 g/mol. The first-order valence-corrected chi connectivity index (χ1v) is 10.2. The monoisotopic (exact) mass is 421 g/mol. The summed E-state index contributed by atoms with van der Waals surface area (Å²) in [7, 11) is 1.31. The maximum absolute atomic E-state index is 12.6. The number of ether oxygens (including phenoxy) is 1. The van der Waals surface area contributed by atoms with Gasteiger partial charge in [-0.1, -0.05) is 30.3 Å². The molecule has 1 fully saturated rings. The number of rotatable bonds is 6. The Labute approximate surface area is 182 Å². The van der Waals surface area contributed by atoms with Gasteiger partial charge in [0.25, 0.3) is 5.91 Å². The number of methoxy groups -OCH3 is 1. The standard InChI is InChI=1S/C24H27N3O4/c1-18(23(29)25-21-10-8-20(9-11-21)24(30)31-2)16-22(28)27-14-12-26(13-15-27)17-19-6-4-3-5-7-19/h3-11,16H,12-15,17H2,1-2H3,(H,25,29)/b18-16+. The molecule has 0 unspecified atom stereocenters. The average molecular weight is 421 g/mol. The van der Waals surface area contributed by atoms with E-state index in [-0.39, 0.29) is 11.8 Å². The lowest BCUT2D eigenvalue weighted by molar-refractivity contribution is -0.128. The van der Waals surface area contributed by atoms with Crippen molar-refractivity contribution in [1.82, 2.24) is 9.80 Å². The molecule has 1 N–H and O–H groups in total. The Bertz CT molecular complexity index is 947. The molecule has 3 rings (SSSR count). The van der Waals surface area contributed by atoms with Crippen molar-refractivity contribution in [2.24, 2.45) is 0 Å². The van der Waals surface area contributed by atoms with Crippen LogP contribution >= 0.6 is 0 Å². The number of nitrogens with zero attached hydrogens (tertiary/aromatic N) is 2. The minimum absolute atomic E-state index is 0.159. The quantitative estimate of drug-likeness (QED) is 0.573. The van der Waals surface area contributed by atoms with E-state index in [9.17, 15) is 14.4 Å². The van der Waals surface area contributed by atoms with Crippen LogP contribution in [0.2, 0.25) is 0 Å². The number of esters is 1. The number of hydrogen-bond acceptors (Lipinski definition) is 5. The van der Waals surface area contributed by atoms with E-state index >= 15 is 0 Å². The molecule has 7 nitrogen and oxygen atoms in total. The fraction of sp³-hybridized carbons (Fsp3) is 0.292. The van der Waals surface area contributed by atoms with Crippen molar-refractivity contribution in [3.63, 3.8) is 0 Å². The van der Waals surface area contributed by atoms with Crippen molar-refractivity contribution < 1.29 is 19.1 Å². The summed E-state index contributed by atoms with van der Waals surface area (Å²) < 4.78 is 4.65. The molecule has 1 heterocycles. The molecule has 2 amide bonds. The van der Waals surface area contributed by atoms with Crippen LogP contribution in [0.4, 0.5) is 5.69 Å². The van der Waals surface area contributed by atoms with Gasteiger partial charge in [0.15, 0.2) is 0 Å². The summed E-state index contributed by atoms with van der Waals surface area (Å²) in [6, 6.07) is 16.6. The Morgan fingerprint density at radius 2 is 1.61 bits per heavy atom. The lowest BCUT2D eigenvalue weighted by Gasteiger charge is -2.34. The molecular formula is C24H27N3O4. The molecule has 0 aliphatic carbocycles. The molecule has 0 bridgehead atoms. The van der Waals surface area contributed by atoms with Crippen molar-refractivity contribution in [3.8, 4) is 0 Å². The SMILES string of the molecule is COC(=O)c1ccc(NC(=O)/C(C)=C/C(=O)N2CCN(Cc3ccccc3)CC2)cc1. The Hall–Kier alpha value is -3.45. The fourth-order valence-electron chi connectivity index (χ4n) is 3.35. The van der Waals surface area contributed by atoms with E-state index in [1.165, 1.54) is 18.7 Å². The molecule has 0 saturated carbocycles. The molecule has 2 aromatic carbocycles. The zero-order valence-corrected chi connectivity index (χ0v) is 17.8. The van der Waals surface area contributed by atoms with E-state index < -0.39 is 5.97 Å². The van der Waals surface area contributed by atoms with Crippen molar-refractivity contribution in [2.45, 2.75) is 13.5 Å². The van der Waals surface area contributed by atoms with Crippen LogP contribution in [0.5, 0.6) is 0 Å². The molecule has 1 aliphatic rings. The van der Waals surface area contributed by atoms with Gasteiger partial charge in [-0.05, 0) is 36.8 Å². The second-order valence-corrected chi connectivity index (χ2v) is 7.44. The van der Waals surface area contributed by atoms with E-state index in [2.05, 4.69) is 27.1 Å². The van der Waals surface area contributed by atoms with Crippen LogP contribution in [0.25, 0.3) is 0 Å². The van der Waals surface area contributed by atoms with Gasteiger partial charge < -0.3 is 15.0 Å². The summed E-state index contributed by atoms with van der Waals surface area (Å²) in [4.78, 5) is 40.6. The highest BCUT2D eigenvalue weighted by atomic mass is 16.5. The zero-order chi connectivity index (χ0) is 22.2. The minimum atomic E-state index is -0.441. The van der Waals surface area contributed by atoms with E-state index in [4.69, 9.17) is 0 Å². The van der Waals surface area contributed by atoms with E-state index in [1.807, 2.05) is 18.2 Å². The molecule has 2 aromatic rings. The van der Waals surface area contributed by atoms with Gasteiger partial charge in [-0.25, -0.2) is 4.79 Å². The molecule has 0 spiro atoms. The second-order valence-electron chi connectivity index (χ2n) is 7.44. The third-order valence-electron chi connectivity index (χ3n) is 5.19. The number of anilines is 1. The molecule has 1 saturated heterocycles. The molecule has 31 heavy (non-hydrogen) atoms. The first kappa shape index (κ1) is 22.2. The van der Waals surface area contributed by atoms with Gasteiger partial charge in [0, 0.05) is 50.1 Å². The predicted molar refractivity (Wildman–Crippen MR) is 118 cm³/mol. The lowest BCUT2D eigenvalue weighted by Crippen LogP contribution is -2.47. The van der Waals surface area contributed by atoms with Crippen LogP contribution in [0, 0.1) is 0 Å². The second kappa shape index (κ2) is 10.5. The Morgan fingerprint density at radius 3 is 2.23 bits per heavy atom. The lowest BCUT2D eigenvalue weighted by atomic mass is 10.2. The van der Waals surface area contributed by atoms with Crippen LogP contribution in [0.3, 0.4) is 0 Å². The van der Waals surface area contributed by atoms with Crippen LogP contribution in [-0.4, -0.2) is 60.9 Å². The molecule has 1 aliphatic heterocycles. The molecule has 0 atom stereocenters. The third-order valence-corrected chi connectivity index (χ3v) is 5.19. The highest BCUT2D eigenvalue weighted by molar-refractivity contribution is 6.07. The molecule has 0 radical (unpaired) electrons. The number of carbonyl (C=O) groups is 3. The van der Waals surface area contributed by atoms with Crippen molar-refractivity contribution in [2.75, 3.05) is 38.6 Å². The Morgan fingerprint density at radius 1 is 0.968 bits per heavy atom. The van der Waals surface area contributed by atoms with Gasteiger partial charge in [0.05, 0.1) is 12.7 Å². The smallest absolute Gasteiger partial charge is 0.337 e. The number of nitrogens with one attached hydrogen (secondary N) is 1. The summed E-state index contributed by atoms with van der Waals surface area (Å²) in [5, 5.41) is 2.73. The number of hydrogen-bond donors (Lipinski definition) is 1. The van der Waals surface area contributed by atoms with Crippen molar-refractivity contribution in [1.29, 1.82) is 0 Å². The minimum Gasteiger partial charge on any atom is -0.465 e. The normalized spacial score (nSPS) is 14.8. The molecule has 162 valence electrons. The molecule has 7 heteroatoms. The maximum Gasteiger partial charge on any atom is 0.337 e. The zero-order valence-electron chi connectivity index (χ0n) is 17.8. The van der Waals surface area contributed by atoms with E-state index in [1.54, 1.807) is 36.1 Å². The van der Waals surface area contributed by atoms with Gasteiger partial charge in [0.2, 0.25) is 5.91 Å². The summed E-state index contributed by atoms with van der Waals surface area (Å²) in [5.41, 5.74) is 2.52. The highest BCUT2D eigenvalue weighted by Gasteiger charge is 2.20. The maximum atomic E-state index is 12.6. The first-order valence-electron chi connectivity index (χ1n) is 10.2. The van der Waals surface area contributed by atoms with Gasteiger partial charge >= 0.3 is 5.97 Å². The van der Waals surface area contributed by atoms with Crippen LogP contribution < -0.4 is 5.32 Å². The summed E-state index contributed by atoms with van der Waals surface area (Å²) >= 11 is 0. The van der Waals surface area contributed by atoms with Crippen molar-refractivity contribution in [3.05, 3.63) is 77.4 Å². The van der Waals surface area contributed by atoms with Crippen LogP contribution in [-0.2, 0) is 20.9 Å².